The van der Waals surface area contributed by atoms with Gasteiger partial charge in [0.2, 0.25) is 10.0 Å². The summed E-state index contributed by atoms with van der Waals surface area (Å²) in [6.07, 6.45) is 9.68. The number of esters is 1. The Morgan fingerprint density at radius 3 is 2.56 bits per heavy atom. The molecule has 146 valence electrons. The molecule has 1 unspecified atom stereocenters. The van der Waals surface area contributed by atoms with Crippen molar-refractivity contribution in [3.05, 3.63) is 59.7 Å². The van der Waals surface area contributed by atoms with Gasteiger partial charge in [-0.1, -0.05) is 48.6 Å². The average molecular weight is 390 g/mol. The van der Waals surface area contributed by atoms with Crippen molar-refractivity contribution >= 4 is 16.0 Å². The molecule has 3 rings (SSSR count). The van der Waals surface area contributed by atoms with Crippen LogP contribution in [0.5, 0.6) is 0 Å². The summed E-state index contributed by atoms with van der Waals surface area (Å²) in [6, 6.07) is 7.89. The maximum Gasteiger partial charge on any atom is 0.309 e. The van der Waals surface area contributed by atoms with Gasteiger partial charge in [0, 0.05) is 13.1 Å². The molecule has 0 amide bonds. The lowest BCUT2D eigenvalue weighted by atomic mass is 9.86. The number of piperidine rings is 1. The number of carbonyl (C=O) groups is 1. The van der Waals surface area contributed by atoms with Crippen LogP contribution >= 0.6 is 0 Å². The van der Waals surface area contributed by atoms with E-state index in [-0.39, 0.29) is 18.3 Å². The van der Waals surface area contributed by atoms with Gasteiger partial charge in [-0.05, 0) is 43.2 Å². The van der Waals surface area contributed by atoms with Crippen molar-refractivity contribution < 1.29 is 17.9 Å². The van der Waals surface area contributed by atoms with Crippen LogP contribution in [0.15, 0.2) is 48.6 Å². The summed E-state index contributed by atoms with van der Waals surface area (Å²) in [5.74, 6) is -0.000523. The summed E-state index contributed by atoms with van der Waals surface area (Å²) in [4.78, 5) is 11.7. The Kier molecular flexibility index (Phi) is 5.86. The van der Waals surface area contributed by atoms with Gasteiger partial charge in [0.15, 0.2) is 0 Å². The standard InChI is InChI=1S/C21H27NO4S/c1-21(12-6-3-7-13-21)27(24,25)22-14-10-17(11-15-22)19-9-5-4-8-18(19)16-20(23)26-2/h3-9,12,17H,10-11,13-16H2,1-2H3. The zero-order chi connectivity index (χ0) is 19.5. The molecule has 0 bridgehead atoms. The van der Waals surface area contributed by atoms with Crippen LogP contribution in [0.3, 0.4) is 0 Å². The second kappa shape index (κ2) is 7.98. The molecule has 0 saturated carbocycles. The lowest BCUT2D eigenvalue weighted by Gasteiger charge is -2.38. The average Bonchev–Trinajstić information content (AvgIpc) is 2.69. The molecule has 1 heterocycles. The SMILES string of the molecule is COC(=O)Cc1ccccc1C1CCN(S(=O)(=O)C2(C)C=CC=CC2)CC1. The number of hydrogen-bond donors (Lipinski definition) is 0. The van der Waals surface area contributed by atoms with E-state index < -0.39 is 14.8 Å². The van der Waals surface area contributed by atoms with Gasteiger partial charge in [0.25, 0.3) is 0 Å². The Balaban J connectivity index is 1.72. The molecule has 1 atom stereocenters. The first-order valence-electron chi connectivity index (χ1n) is 9.36. The summed E-state index contributed by atoms with van der Waals surface area (Å²) in [5, 5.41) is 0. The highest BCUT2D eigenvalue weighted by molar-refractivity contribution is 7.90. The van der Waals surface area contributed by atoms with E-state index in [9.17, 15) is 13.2 Å². The predicted molar refractivity (Wildman–Crippen MR) is 106 cm³/mol. The van der Waals surface area contributed by atoms with E-state index in [1.54, 1.807) is 17.3 Å². The second-order valence-corrected chi connectivity index (χ2v) is 9.83. The van der Waals surface area contributed by atoms with Gasteiger partial charge in [-0.25, -0.2) is 12.7 Å². The topological polar surface area (TPSA) is 63.7 Å². The molecular formula is C21H27NO4S. The molecule has 1 aliphatic carbocycles. The monoisotopic (exact) mass is 389 g/mol. The van der Waals surface area contributed by atoms with E-state index in [0.29, 0.717) is 19.5 Å². The van der Waals surface area contributed by atoms with Crippen molar-refractivity contribution in [3.8, 4) is 0 Å². The molecule has 0 spiro atoms. The smallest absolute Gasteiger partial charge is 0.309 e. The molecule has 1 aliphatic heterocycles. The van der Waals surface area contributed by atoms with Gasteiger partial charge < -0.3 is 4.74 Å². The first-order chi connectivity index (χ1) is 12.9. The minimum Gasteiger partial charge on any atom is -0.469 e. The van der Waals surface area contributed by atoms with Gasteiger partial charge in [0.05, 0.1) is 13.5 Å². The molecule has 5 nitrogen and oxygen atoms in total. The summed E-state index contributed by atoms with van der Waals surface area (Å²) >= 11 is 0. The molecule has 0 aromatic heterocycles. The van der Waals surface area contributed by atoms with Crippen molar-refractivity contribution in [1.82, 2.24) is 4.31 Å². The zero-order valence-corrected chi connectivity index (χ0v) is 16.7. The largest absolute Gasteiger partial charge is 0.469 e. The quantitative estimate of drug-likeness (QED) is 0.726. The number of hydrogen-bond acceptors (Lipinski definition) is 4. The van der Waals surface area contributed by atoms with E-state index in [2.05, 4.69) is 0 Å². The van der Waals surface area contributed by atoms with Crippen LogP contribution in [-0.2, 0) is 26.0 Å². The van der Waals surface area contributed by atoms with E-state index in [4.69, 9.17) is 4.74 Å². The number of nitrogens with zero attached hydrogens (tertiary/aromatic N) is 1. The molecule has 1 saturated heterocycles. The summed E-state index contributed by atoms with van der Waals surface area (Å²) in [7, 11) is -2.01. The van der Waals surface area contributed by atoms with Crippen molar-refractivity contribution in [1.29, 1.82) is 0 Å². The number of carbonyl (C=O) groups excluding carboxylic acids is 1. The number of allylic oxidation sites excluding steroid dienone is 3. The third-order valence-corrected chi connectivity index (χ3v) is 8.19. The van der Waals surface area contributed by atoms with E-state index in [1.165, 1.54) is 7.11 Å². The number of methoxy groups -OCH3 is 1. The predicted octanol–water partition coefficient (Wildman–Crippen LogP) is 3.19. The minimum atomic E-state index is -3.40. The van der Waals surface area contributed by atoms with E-state index in [0.717, 1.165) is 24.0 Å². The summed E-state index contributed by atoms with van der Waals surface area (Å²) in [5.41, 5.74) is 2.10. The maximum absolute atomic E-state index is 13.1. The minimum absolute atomic E-state index is 0.250. The van der Waals surface area contributed by atoms with Crippen molar-refractivity contribution in [2.24, 2.45) is 0 Å². The summed E-state index contributed by atoms with van der Waals surface area (Å²) < 4.78 is 31.8. The molecule has 1 fully saturated rings. The number of rotatable bonds is 5. The molecule has 1 aromatic carbocycles. The van der Waals surface area contributed by atoms with Crippen LogP contribution < -0.4 is 0 Å². The van der Waals surface area contributed by atoms with Crippen LogP contribution in [0.4, 0.5) is 0 Å². The first kappa shape index (κ1) is 19.8. The van der Waals surface area contributed by atoms with E-state index in [1.807, 2.05) is 42.5 Å². The maximum atomic E-state index is 13.1. The molecule has 27 heavy (non-hydrogen) atoms. The Labute approximate surface area is 161 Å². The third kappa shape index (κ3) is 4.01. The molecule has 0 N–H and O–H groups in total. The Bertz CT molecular complexity index is 851. The normalized spacial score (nSPS) is 24.1. The van der Waals surface area contributed by atoms with Crippen molar-refractivity contribution in [2.75, 3.05) is 20.2 Å². The van der Waals surface area contributed by atoms with Gasteiger partial charge in [0.1, 0.15) is 4.75 Å². The molecule has 0 radical (unpaired) electrons. The lowest BCUT2D eigenvalue weighted by molar-refractivity contribution is -0.139. The van der Waals surface area contributed by atoms with Crippen molar-refractivity contribution in [2.45, 2.75) is 43.3 Å². The highest BCUT2D eigenvalue weighted by atomic mass is 32.2. The second-order valence-electron chi connectivity index (χ2n) is 7.43. The van der Waals surface area contributed by atoms with Gasteiger partial charge in [-0.3, -0.25) is 4.79 Å². The number of sulfonamides is 1. The Morgan fingerprint density at radius 2 is 1.93 bits per heavy atom. The molecular weight excluding hydrogens is 362 g/mol. The lowest BCUT2D eigenvalue weighted by Crippen LogP contribution is -2.48. The fourth-order valence-electron chi connectivity index (χ4n) is 3.92. The first-order valence-corrected chi connectivity index (χ1v) is 10.8. The van der Waals surface area contributed by atoms with Crippen LogP contribution in [-0.4, -0.2) is 43.6 Å². The molecule has 6 heteroatoms. The Morgan fingerprint density at radius 1 is 1.22 bits per heavy atom. The van der Waals surface area contributed by atoms with Crippen molar-refractivity contribution in [3.63, 3.8) is 0 Å². The van der Waals surface area contributed by atoms with Gasteiger partial charge in [-0.2, -0.15) is 0 Å². The Hall–Kier alpha value is -1.92. The number of benzene rings is 1. The third-order valence-electron chi connectivity index (χ3n) is 5.66. The van der Waals surface area contributed by atoms with Gasteiger partial charge in [-0.15, -0.1) is 0 Å². The zero-order valence-electron chi connectivity index (χ0n) is 15.9. The van der Waals surface area contributed by atoms with Crippen LogP contribution in [0.2, 0.25) is 0 Å². The summed E-state index contributed by atoms with van der Waals surface area (Å²) in [6.45, 7) is 2.81. The van der Waals surface area contributed by atoms with Crippen LogP contribution in [0, 0.1) is 0 Å². The van der Waals surface area contributed by atoms with Crippen LogP contribution in [0.1, 0.15) is 43.2 Å². The van der Waals surface area contributed by atoms with E-state index >= 15 is 0 Å². The number of ether oxygens (including phenoxy) is 1. The fourth-order valence-corrected chi connectivity index (χ4v) is 5.76. The van der Waals surface area contributed by atoms with Gasteiger partial charge >= 0.3 is 5.97 Å². The highest BCUT2D eigenvalue weighted by Gasteiger charge is 2.42. The fraction of sp³-hybridized carbons (Fsp3) is 0.476. The highest BCUT2D eigenvalue weighted by Crippen LogP contribution is 2.36. The molecule has 2 aliphatic rings. The van der Waals surface area contributed by atoms with Crippen LogP contribution in [0.25, 0.3) is 0 Å². The molecule has 1 aromatic rings.